The molecule has 0 spiro atoms. The zero-order chi connectivity index (χ0) is 47.4. The number of unbranched alkanes of at least 4 members (excludes halogenated alkanes) is 28. The van der Waals surface area contributed by atoms with Crippen LogP contribution in [0.1, 0.15) is 278 Å². The van der Waals surface area contributed by atoms with Crippen LogP contribution in [0.4, 0.5) is 0 Å². The number of nitrogens with one attached hydrogen (secondary N) is 1. The van der Waals surface area contributed by atoms with Crippen LogP contribution < -0.4 is 5.32 Å². The number of aliphatic hydroxyl groups is 2. The highest BCUT2D eigenvalue weighted by molar-refractivity contribution is 5.77. The first-order valence-electron chi connectivity index (χ1n) is 28.0. The number of carbonyl (C=O) groups excluding carboxylic acids is 2. The molecule has 0 aliphatic rings. The first-order valence-corrected chi connectivity index (χ1v) is 28.0. The smallest absolute Gasteiger partial charge is 0.306 e. The van der Waals surface area contributed by atoms with Crippen molar-refractivity contribution in [3.63, 3.8) is 0 Å². The molecule has 65 heavy (non-hydrogen) atoms. The Morgan fingerprint density at radius 3 is 1.23 bits per heavy atom. The molecule has 0 aromatic rings. The van der Waals surface area contributed by atoms with E-state index in [4.69, 9.17) is 4.74 Å². The molecule has 1 amide bonds. The maximum Gasteiger partial charge on any atom is 0.306 e. The molecule has 6 heteroatoms. The summed E-state index contributed by atoms with van der Waals surface area (Å²) in [4.78, 5) is 26.2. The number of esters is 1. The number of allylic oxidation sites excluding steroid dienone is 10. The van der Waals surface area contributed by atoms with Gasteiger partial charge in [0.1, 0.15) is 6.10 Å². The predicted octanol–water partition coefficient (Wildman–Crippen LogP) is 17.2. The molecular formula is C59H107NO5. The summed E-state index contributed by atoms with van der Waals surface area (Å²) < 4.78 is 5.93. The molecule has 0 aromatic carbocycles. The summed E-state index contributed by atoms with van der Waals surface area (Å²) in [5.41, 5.74) is 0. The summed E-state index contributed by atoms with van der Waals surface area (Å²) in [6, 6.07) is -0.719. The van der Waals surface area contributed by atoms with Gasteiger partial charge in [0, 0.05) is 6.42 Å². The van der Waals surface area contributed by atoms with Gasteiger partial charge in [-0.25, -0.2) is 0 Å². The van der Waals surface area contributed by atoms with Crippen LogP contribution in [0.5, 0.6) is 0 Å². The monoisotopic (exact) mass is 910 g/mol. The zero-order valence-corrected chi connectivity index (χ0v) is 43.1. The first kappa shape index (κ1) is 62.6. The van der Waals surface area contributed by atoms with Crippen molar-refractivity contribution >= 4 is 11.9 Å². The standard InChI is InChI=1S/C59H107NO5/c1-4-7-10-13-16-19-22-24-26-28-29-31-33-35-37-40-43-46-49-52-59(64)65-55(50-47-44-41-38-36-34-32-30-27-25-23-20-17-14-11-8-5-2)53-58(63)60-56(54-61)57(62)51-48-45-42-39-21-18-15-12-9-6-3/h8,11,17,20,25,27,32,34,38,41,55-57,61-62H,4-7,9-10,12-16,18-19,21-24,26,28-31,33,35-37,39-40,42-54H2,1-3H3,(H,60,63)/b11-8-,20-17-,27-25-,34-32-,41-38-. The lowest BCUT2D eigenvalue weighted by atomic mass is 10.0. The van der Waals surface area contributed by atoms with E-state index in [0.717, 1.165) is 83.5 Å². The molecule has 3 N–H and O–H groups in total. The van der Waals surface area contributed by atoms with Gasteiger partial charge in [0.2, 0.25) is 5.91 Å². The normalized spacial score (nSPS) is 13.6. The lowest BCUT2D eigenvalue weighted by Gasteiger charge is -2.24. The molecule has 0 saturated heterocycles. The Morgan fingerprint density at radius 2 is 0.831 bits per heavy atom. The minimum absolute atomic E-state index is 0.0398. The summed E-state index contributed by atoms with van der Waals surface area (Å²) in [5.74, 6) is -0.522. The molecule has 0 fully saturated rings. The Balaban J connectivity index is 4.61. The zero-order valence-electron chi connectivity index (χ0n) is 43.1. The van der Waals surface area contributed by atoms with Crippen molar-refractivity contribution in [1.29, 1.82) is 0 Å². The van der Waals surface area contributed by atoms with Crippen molar-refractivity contribution in [2.45, 2.75) is 296 Å². The predicted molar refractivity (Wildman–Crippen MR) is 282 cm³/mol. The summed E-state index contributed by atoms with van der Waals surface area (Å²) in [6.45, 7) is 6.36. The maximum absolute atomic E-state index is 13.2. The Morgan fingerprint density at radius 1 is 0.462 bits per heavy atom. The van der Waals surface area contributed by atoms with Crippen molar-refractivity contribution in [3.8, 4) is 0 Å². The van der Waals surface area contributed by atoms with E-state index in [1.807, 2.05) is 0 Å². The maximum atomic E-state index is 13.2. The van der Waals surface area contributed by atoms with E-state index < -0.39 is 18.2 Å². The highest BCUT2D eigenvalue weighted by Crippen LogP contribution is 2.18. The van der Waals surface area contributed by atoms with Crippen LogP contribution >= 0.6 is 0 Å². The SMILES string of the molecule is CC/C=C\C/C=C\C/C=C\C/C=C\C/C=C\CCCC(CC(=O)NC(CO)C(O)CCCCCCCCCCCC)OC(=O)CCCCCCCCCCCCCCCCCCCCC. The Labute approximate surface area is 403 Å². The minimum atomic E-state index is -0.802. The molecule has 6 nitrogen and oxygen atoms in total. The number of carbonyl (C=O) groups is 2. The highest BCUT2D eigenvalue weighted by atomic mass is 16.5. The van der Waals surface area contributed by atoms with Crippen LogP contribution in [0, 0.1) is 0 Å². The van der Waals surface area contributed by atoms with Gasteiger partial charge in [-0.15, -0.1) is 0 Å². The molecule has 3 unspecified atom stereocenters. The lowest BCUT2D eigenvalue weighted by Crippen LogP contribution is -2.46. The Kier molecular flexibility index (Phi) is 50.6. The largest absolute Gasteiger partial charge is 0.462 e. The van der Waals surface area contributed by atoms with Gasteiger partial charge >= 0.3 is 5.97 Å². The molecule has 0 aromatic heterocycles. The summed E-state index contributed by atoms with van der Waals surface area (Å²) in [7, 11) is 0. The summed E-state index contributed by atoms with van der Waals surface area (Å²) in [6.07, 6.45) is 65.8. The Bertz CT molecular complexity index is 1160. The number of ether oxygens (including phenoxy) is 1. The topological polar surface area (TPSA) is 95.9 Å². The van der Waals surface area contributed by atoms with E-state index >= 15 is 0 Å². The summed E-state index contributed by atoms with van der Waals surface area (Å²) >= 11 is 0. The third-order valence-corrected chi connectivity index (χ3v) is 12.6. The quantitative estimate of drug-likeness (QED) is 0.0321. The van der Waals surface area contributed by atoms with Crippen molar-refractivity contribution < 1.29 is 24.5 Å². The molecule has 0 saturated carbocycles. The van der Waals surface area contributed by atoms with Crippen LogP contribution in [0.3, 0.4) is 0 Å². The number of hydrogen-bond acceptors (Lipinski definition) is 5. The summed E-state index contributed by atoms with van der Waals surface area (Å²) in [5, 5.41) is 23.7. The number of hydrogen-bond donors (Lipinski definition) is 3. The van der Waals surface area contributed by atoms with E-state index in [0.29, 0.717) is 19.3 Å². The van der Waals surface area contributed by atoms with Crippen LogP contribution in [0.15, 0.2) is 60.8 Å². The first-order chi connectivity index (χ1) is 32.0. The molecule has 378 valence electrons. The van der Waals surface area contributed by atoms with Gasteiger partial charge in [-0.1, -0.05) is 261 Å². The minimum Gasteiger partial charge on any atom is -0.462 e. The van der Waals surface area contributed by atoms with Crippen molar-refractivity contribution in [2.24, 2.45) is 0 Å². The molecule has 0 aliphatic carbocycles. The number of aliphatic hydroxyl groups excluding tert-OH is 2. The lowest BCUT2D eigenvalue weighted by molar-refractivity contribution is -0.151. The van der Waals surface area contributed by atoms with Gasteiger partial charge in [-0.05, 0) is 64.2 Å². The van der Waals surface area contributed by atoms with Gasteiger partial charge in [0.15, 0.2) is 0 Å². The second-order valence-electron chi connectivity index (χ2n) is 19.0. The van der Waals surface area contributed by atoms with E-state index in [-0.39, 0.29) is 24.9 Å². The molecule has 0 aliphatic heterocycles. The average molecular weight is 911 g/mol. The van der Waals surface area contributed by atoms with Gasteiger partial charge < -0.3 is 20.3 Å². The van der Waals surface area contributed by atoms with Crippen molar-refractivity contribution in [3.05, 3.63) is 60.8 Å². The Hall–Kier alpha value is -2.44. The van der Waals surface area contributed by atoms with E-state index in [2.05, 4.69) is 86.8 Å². The fraction of sp³-hybridized carbons (Fsp3) is 0.797. The van der Waals surface area contributed by atoms with Gasteiger partial charge in [0.25, 0.3) is 0 Å². The second kappa shape index (κ2) is 52.5. The number of rotatable bonds is 50. The van der Waals surface area contributed by atoms with Crippen LogP contribution in [0.25, 0.3) is 0 Å². The van der Waals surface area contributed by atoms with E-state index in [9.17, 15) is 19.8 Å². The average Bonchev–Trinajstić information content (AvgIpc) is 3.30. The van der Waals surface area contributed by atoms with Gasteiger partial charge in [-0.2, -0.15) is 0 Å². The molecule has 3 atom stereocenters. The number of amides is 1. The second-order valence-corrected chi connectivity index (χ2v) is 19.0. The fourth-order valence-corrected chi connectivity index (χ4v) is 8.41. The fourth-order valence-electron chi connectivity index (χ4n) is 8.41. The molecule has 0 heterocycles. The van der Waals surface area contributed by atoms with E-state index in [1.54, 1.807) is 0 Å². The van der Waals surface area contributed by atoms with Crippen molar-refractivity contribution in [2.75, 3.05) is 6.61 Å². The third kappa shape index (κ3) is 47.8. The molecule has 0 bridgehead atoms. The van der Waals surface area contributed by atoms with Gasteiger partial charge in [-0.3, -0.25) is 9.59 Å². The van der Waals surface area contributed by atoms with Crippen LogP contribution in [0.2, 0.25) is 0 Å². The van der Waals surface area contributed by atoms with E-state index in [1.165, 1.54) is 148 Å². The van der Waals surface area contributed by atoms with Gasteiger partial charge in [0.05, 0.1) is 25.2 Å². The molecule has 0 rings (SSSR count). The van der Waals surface area contributed by atoms with Crippen LogP contribution in [-0.2, 0) is 14.3 Å². The third-order valence-electron chi connectivity index (χ3n) is 12.6. The van der Waals surface area contributed by atoms with Crippen LogP contribution in [-0.4, -0.2) is 46.9 Å². The highest BCUT2D eigenvalue weighted by Gasteiger charge is 2.24. The molecule has 0 radical (unpaired) electrons. The molecular weight excluding hydrogens is 803 g/mol. The van der Waals surface area contributed by atoms with Crippen molar-refractivity contribution in [1.82, 2.24) is 5.32 Å².